The Morgan fingerprint density at radius 1 is 1.19 bits per heavy atom. The zero-order valence-electron chi connectivity index (χ0n) is 15.2. The van der Waals surface area contributed by atoms with Gasteiger partial charge in [0, 0.05) is 56.7 Å². The highest BCUT2D eigenvalue weighted by atomic mass is 19.1. The predicted octanol–water partition coefficient (Wildman–Crippen LogP) is 3.27. The monoisotopic (exact) mass is 361 g/mol. The molecule has 1 aromatic carbocycles. The molecule has 0 atom stereocenters. The summed E-state index contributed by atoms with van der Waals surface area (Å²) in [6.07, 6.45) is 5.27. The molecule has 0 N–H and O–H groups in total. The van der Waals surface area contributed by atoms with Crippen LogP contribution in [0.5, 0.6) is 0 Å². The number of nitriles is 1. The molecule has 27 heavy (non-hydrogen) atoms. The number of nitrogens with zero attached hydrogens (tertiary/aromatic N) is 5. The van der Waals surface area contributed by atoms with Crippen molar-refractivity contribution in [2.24, 2.45) is 0 Å². The average molecular weight is 361 g/mol. The Labute approximate surface area is 157 Å². The Balaban J connectivity index is 1.61. The van der Waals surface area contributed by atoms with Crippen molar-refractivity contribution in [3.63, 3.8) is 0 Å². The van der Waals surface area contributed by atoms with Crippen LogP contribution in [-0.4, -0.2) is 41.0 Å². The first-order valence-corrected chi connectivity index (χ1v) is 9.01. The summed E-state index contributed by atoms with van der Waals surface area (Å²) >= 11 is 0. The van der Waals surface area contributed by atoms with E-state index in [1.165, 1.54) is 17.7 Å². The van der Waals surface area contributed by atoms with E-state index in [1.54, 1.807) is 12.4 Å². The molecule has 0 unspecified atom stereocenters. The van der Waals surface area contributed by atoms with Crippen LogP contribution in [0, 0.1) is 24.1 Å². The summed E-state index contributed by atoms with van der Waals surface area (Å²) in [5.41, 5.74) is 4.02. The van der Waals surface area contributed by atoms with Crippen LogP contribution in [0.25, 0.3) is 10.9 Å². The second-order valence-electron chi connectivity index (χ2n) is 6.88. The average Bonchev–Trinajstić information content (AvgIpc) is 2.68. The zero-order valence-corrected chi connectivity index (χ0v) is 15.2. The normalized spacial score (nSPS) is 15.1. The molecule has 5 nitrogen and oxygen atoms in total. The number of aryl methyl sites for hydroxylation is 1. The van der Waals surface area contributed by atoms with Crippen LogP contribution in [0.3, 0.4) is 0 Å². The molecule has 1 fully saturated rings. The van der Waals surface area contributed by atoms with Crippen LogP contribution >= 0.6 is 0 Å². The molecule has 0 aliphatic carbocycles. The molecular formula is C21H20FN5. The number of halogens is 1. The fraction of sp³-hybridized carbons (Fsp3) is 0.286. The number of pyridine rings is 2. The van der Waals surface area contributed by atoms with Crippen molar-refractivity contribution in [2.75, 3.05) is 31.1 Å². The van der Waals surface area contributed by atoms with Gasteiger partial charge in [-0.2, -0.15) is 5.26 Å². The number of aromatic nitrogens is 2. The highest BCUT2D eigenvalue weighted by Crippen LogP contribution is 2.32. The van der Waals surface area contributed by atoms with Crippen molar-refractivity contribution in [2.45, 2.75) is 13.5 Å². The first-order valence-electron chi connectivity index (χ1n) is 9.01. The molecule has 136 valence electrons. The first-order chi connectivity index (χ1) is 13.2. The molecule has 3 heterocycles. The lowest BCUT2D eigenvalue weighted by Crippen LogP contribution is -2.46. The fourth-order valence-electron chi connectivity index (χ4n) is 3.72. The molecule has 0 bridgehead atoms. The summed E-state index contributed by atoms with van der Waals surface area (Å²) in [7, 11) is 0. The first kappa shape index (κ1) is 17.4. The summed E-state index contributed by atoms with van der Waals surface area (Å²) in [6.45, 7) is 6.01. The quantitative estimate of drug-likeness (QED) is 0.717. The molecule has 1 aliphatic rings. The molecule has 1 aliphatic heterocycles. The van der Waals surface area contributed by atoms with Crippen LogP contribution in [0.1, 0.15) is 16.7 Å². The highest BCUT2D eigenvalue weighted by molar-refractivity contribution is 5.96. The smallest absolute Gasteiger partial charge is 0.124 e. The van der Waals surface area contributed by atoms with E-state index >= 15 is 0 Å². The number of anilines is 1. The molecule has 3 aromatic rings. The van der Waals surface area contributed by atoms with Crippen molar-refractivity contribution in [3.05, 3.63) is 65.4 Å². The number of rotatable bonds is 3. The number of benzene rings is 1. The molecule has 4 rings (SSSR count). The number of hydrogen-bond donors (Lipinski definition) is 0. The van der Waals surface area contributed by atoms with E-state index in [0.717, 1.165) is 49.5 Å². The van der Waals surface area contributed by atoms with Crippen molar-refractivity contribution < 1.29 is 4.39 Å². The number of fused-ring (bicyclic) bond motifs is 1. The third-order valence-electron chi connectivity index (χ3n) is 5.04. The van der Waals surface area contributed by atoms with Gasteiger partial charge in [-0.3, -0.25) is 14.9 Å². The number of hydrogen-bond acceptors (Lipinski definition) is 5. The summed E-state index contributed by atoms with van der Waals surface area (Å²) in [5, 5.41) is 10.3. The van der Waals surface area contributed by atoms with Gasteiger partial charge in [-0.1, -0.05) is 6.07 Å². The Kier molecular flexibility index (Phi) is 4.69. The van der Waals surface area contributed by atoms with Gasteiger partial charge in [-0.15, -0.1) is 0 Å². The van der Waals surface area contributed by atoms with Crippen molar-refractivity contribution in [1.82, 2.24) is 14.9 Å². The zero-order chi connectivity index (χ0) is 18.8. The molecule has 1 saturated heterocycles. The highest BCUT2D eigenvalue weighted by Gasteiger charge is 2.22. The molecule has 0 radical (unpaired) electrons. The van der Waals surface area contributed by atoms with E-state index in [9.17, 15) is 9.65 Å². The SMILES string of the molecule is Cc1cc(F)cc2c(N3CCN(Cc4cccnc4)CC3)c(C#N)cnc12. The Morgan fingerprint density at radius 3 is 2.70 bits per heavy atom. The lowest BCUT2D eigenvalue weighted by atomic mass is 10.0. The molecular weight excluding hydrogens is 341 g/mol. The molecule has 0 spiro atoms. The lowest BCUT2D eigenvalue weighted by molar-refractivity contribution is 0.250. The lowest BCUT2D eigenvalue weighted by Gasteiger charge is -2.37. The fourth-order valence-corrected chi connectivity index (χ4v) is 3.72. The van der Waals surface area contributed by atoms with Gasteiger partial charge in [-0.25, -0.2) is 4.39 Å². The van der Waals surface area contributed by atoms with Gasteiger partial charge < -0.3 is 4.90 Å². The van der Waals surface area contributed by atoms with Crippen LogP contribution in [0.2, 0.25) is 0 Å². The molecule has 2 aromatic heterocycles. The van der Waals surface area contributed by atoms with Crippen LogP contribution in [-0.2, 0) is 6.54 Å². The Bertz CT molecular complexity index is 1000. The Morgan fingerprint density at radius 2 is 2.00 bits per heavy atom. The van der Waals surface area contributed by atoms with E-state index < -0.39 is 0 Å². The van der Waals surface area contributed by atoms with Crippen molar-refractivity contribution >= 4 is 16.6 Å². The van der Waals surface area contributed by atoms with Gasteiger partial charge in [-0.05, 0) is 36.2 Å². The maximum atomic E-state index is 14.0. The van der Waals surface area contributed by atoms with Gasteiger partial charge in [0.1, 0.15) is 11.9 Å². The van der Waals surface area contributed by atoms with Crippen molar-refractivity contribution in [1.29, 1.82) is 5.26 Å². The third kappa shape index (κ3) is 3.46. The minimum absolute atomic E-state index is 0.298. The summed E-state index contributed by atoms with van der Waals surface area (Å²) in [5.74, 6) is -0.298. The van der Waals surface area contributed by atoms with Gasteiger partial charge in [0.15, 0.2) is 0 Å². The van der Waals surface area contributed by atoms with Gasteiger partial charge in [0.2, 0.25) is 0 Å². The summed E-state index contributed by atoms with van der Waals surface area (Å²) in [6, 6.07) is 9.23. The maximum absolute atomic E-state index is 14.0. The molecule has 0 amide bonds. The largest absolute Gasteiger partial charge is 0.367 e. The van der Waals surface area contributed by atoms with E-state index in [1.807, 2.05) is 19.2 Å². The Hall–Kier alpha value is -3.04. The van der Waals surface area contributed by atoms with Crippen LogP contribution < -0.4 is 4.90 Å². The van der Waals surface area contributed by atoms with E-state index in [-0.39, 0.29) is 5.82 Å². The number of piperazine rings is 1. The van der Waals surface area contributed by atoms with E-state index in [0.29, 0.717) is 10.9 Å². The molecule has 6 heteroatoms. The topological polar surface area (TPSA) is 56.0 Å². The van der Waals surface area contributed by atoms with Gasteiger partial charge >= 0.3 is 0 Å². The standard InChI is InChI=1S/C21H20FN5/c1-15-9-18(22)10-19-20(15)25-13-17(11-23)21(19)27-7-5-26(6-8-27)14-16-3-2-4-24-12-16/h2-4,9-10,12-13H,5-8,14H2,1H3. The molecule has 0 saturated carbocycles. The minimum Gasteiger partial charge on any atom is -0.367 e. The second kappa shape index (κ2) is 7.29. The van der Waals surface area contributed by atoms with Crippen LogP contribution in [0.15, 0.2) is 42.9 Å². The van der Waals surface area contributed by atoms with Crippen molar-refractivity contribution in [3.8, 4) is 6.07 Å². The third-order valence-corrected chi connectivity index (χ3v) is 5.04. The second-order valence-corrected chi connectivity index (χ2v) is 6.88. The van der Waals surface area contributed by atoms with Crippen LogP contribution in [0.4, 0.5) is 10.1 Å². The van der Waals surface area contributed by atoms with Gasteiger partial charge in [0.05, 0.1) is 16.8 Å². The van der Waals surface area contributed by atoms with E-state index in [2.05, 4.69) is 31.9 Å². The summed E-state index contributed by atoms with van der Waals surface area (Å²) in [4.78, 5) is 13.1. The predicted molar refractivity (Wildman–Crippen MR) is 103 cm³/mol. The van der Waals surface area contributed by atoms with E-state index in [4.69, 9.17) is 0 Å². The van der Waals surface area contributed by atoms with Gasteiger partial charge in [0.25, 0.3) is 0 Å². The maximum Gasteiger partial charge on any atom is 0.124 e. The minimum atomic E-state index is -0.298. The summed E-state index contributed by atoms with van der Waals surface area (Å²) < 4.78 is 14.0.